The zero-order chi connectivity index (χ0) is 15.2. The maximum Gasteiger partial charge on any atom is 0.226 e. The topological polar surface area (TPSA) is 53.7 Å². The first-order chi connectivity index (χ1) is 10.1. The van der Waals surface area contributed by atoms with E-state index in [-0.39, 0.29) is 5.82 Å². The van der Waals surface area contributed by atoms with Crippen LogP contribution in [0.4, 0.5) is 4.39 Å². The van der Waals surface area contributed by atoms with E-state index in [0.717, 1.165) is 11.8 Å². The maximum absolute atomic E-state index is 12.9. The molecule has 0 unspecified atom stereocenters. The first kappa shape index (κ1) is 14.8. The van der Waals surface area contributed by atoms with Crippen molar-refractivity contribution in [2.75, 3.05) is 6.54 Å². The molecule has 0 bridgehead atoms. The quantitative estimate of drug-likeness (QED) is 0.856. The lowest BCUT2D eigenvalue weighted by molar-refractivity contribution is 0.258. The molecule has 0 fully saturated rings. The Morgan fingerprint density at radius 3 is 2.62 bits per heavy atom. The van der Waals surface area contributed by atoms with E-state index in [0.29, 0.717) is 25.4 Å². The Hall–Kier alpha value is -2.58. The molecule has 108 valence electrons. The van der Waals surface area contributed by atoms with Crippen LogP contribution in [0.25, 0.3) is 0 Å². The molecule has 0 radical (unpaired) electrons. The summed E-state index contributed by atoms with van der Waals surface area (Å²) in [5.74, 6) is 2.20. The third-order valence-corrected chi connectivity index (χ3v) is 2.88. The van der Waals surface area contributed by atoms with Crippen molar-refractivity contribution in [2.24, 2.45) is 0 Å². The Morgan fingerprint density at radius 1 is 1.29 bits per heavy atom. The van der Waals surface area contributed by atoms with Crippen molar-refractivity contribution in [3.05, 3.63) is 64.0 Å². The average Bonchev–Trinajstić information content (AvgIpc) is 2.46. The molecular weight excluding hydrogens is 273 g/mol. The Kier molecular flexibility index (Phi) is 4.75. The molecule has 0 atom stereocenters. The van der Waals surface area contributed by atoms with Gasteiger partial charge in [0.05, 0.1) is 13.1 Å². The van der Waals surface area contributed by atoms with Gasteiger partial charge in [0.15, 0.2) is 5.75 Å². The molecule has 5 heteroatoms. The van der Waals surface area contributed by atoms with Gasteiger partial charge in [-0.05, 0) is 17.7 Å². The number of aromatic hydroxyl groups is 1. The van der Waals surface area contributed by atoms with E-state index in [1.807, 2.05) is 4.90 Å². The lowest BCUT2D eigenvalue weighted by Crippen LogP contribution is -2.23. The van der Waals surface area contributed by atoms with Crippen LogP contribution < -0.4 is 5.43 Å². The van der Waals surface area contributed by atoms with Crippen molar-refractivity contribution >= 4 is 0 Å². The summed E-state index contributed by atoms with van der Waals surface area (Å²) in [5, 5.41) is 9.15. The van der Waals surface area contributed by atoms with Crippen LogP contribution in [0, 0.1) is 18.2 Å². The van der Waals surface area contributed by atoms with Gasteiger partial charge < -0.3 is 9.52 Å². The minimum absolute atomic E-state index is 0.299. The number of nitrogens with zero attached hydrogens (tertiary/aromatic N) is 1. The lowest BCUT2D eigenvalue weighted by Gasteiger charge is -2.19. The largest absolute Gasteiger partial charge is 0.502 e. The molecule has 1 heterocycles. The second-order valence-electron chi connectivity index (χ2n) is 4.57. The monoisotopic (exact) mass is 287 g/mol. The van der Waals surface area contributed by atoms with Gasteiger partial charge in [-0.3, -0.25) is 9.69 Å². The summed E-state index contributed by atoms with van der Waals surface area (Å²) < 4.78 is 18.0. The molecule has 0 aliphatic carbocycles. The Balaban J connectivity index is 2.11. The van der Waals surface area contributed by atoms with E-state index < -0.39 is 11.2 Å². The van der Waals surface area contributed by atoms with Gasteiger partial charge in [-0.25, -0.2) is 4.39 Å². The highest BCUT2D eigenvalue weighted by Gasteiger charge is 2.09. The van der Waals surface area contributed by atoms with Crippen molar-refractivity contribution in [1.82, 2.24) is 4.90 Å². The lowest BCUT2D eigenvalue weighted by atomic mass is 10.2. The van der Waals surface area contributed by atoms with Crippen molar-refractivity contribution in [3.63, 3.8) is 0 Å². The highest BCUT2D eigenvalue weighted by atomic mass is 19.1. The molecule has 4 nitrogen and oxygen atoms in total. The summed E-state index contributed by atoms with van der Waals surface area (Å²) in [4.78, 5) is 13.2. The van der Waals surface area contributed by atoms with Gasteiger partial charge in [0, 0.05) is 12.6 Å². The van der Waals surface area contributed by atoms with E-state index in [1.165, 1.54) is 18.2 Å². The number of hydrogen-bond donors (Lipinski definition) is 1. The number of halogens is 1. The molecule has 2 rings (SSSR count). The molecule has 0 saturated heterocycles. The van der Waals surface area contributed by atoms with Gasteiger partial charge in [-0.15, -0.1) is 6.42 Å². The van der Waals surface area contributed by atoms with Crippen LogP contribution in [0.5, 0.6) is 5.75 Å². The van der Waals surface area contributed by atoms with Gasteiger partial charge in [0.1, 0.15) is 17.8 Å². The number of terminal acetylenes is 1. The zero-order valence-corrected chi connectivity index (χ0v) is 11.3. The summed E-state index contributed by atoms with van der Waals surface area (Å²) in [5.41, 5.74) is 0.395. The van der Waals surface area contributed by atoms with Crippen molar-refractivity contribution in [3.8, 4) is 18.1 Å². The predicted molar refractivity (Wildman–Crippen MR) is 76.0 cm³/mol. The number of rotatable bonds is 5. The minimum Gasteiger partial charge on any atom is -0.502 e. The normalized spacial score (nSPS) is 10.5. The molecule has 0 saturated carbocycles. The van der Waals surface area contributed by atoms with Crippen LogP contribution in [0.3, 0.4) is 0 Å². The van der Waals surface area contributed by atoms with Crippen LogP contribution in [-0.2, 0) is 13.1 Å². The van der Waals surface area contributed by atoms with Gasteiger partial charge >= 0.3 is 0 Å². The Morgan fingerprint density at radius 2 is 2.00 bits per heavy atom. The molecule has 21 heavy (non-hydrogen) atoms. The smallest absolute Gasteiger partial charge is 0.226 e. The zero-order valence-electron chi connectivity index (χ0n) is 11.3. The second-order valence-corrected chi connectivity index (χ2v) is 4.57. The molecule has 0 aliphatic rings. The van der Waals surface area contributed by atoms with Crippen LogP contribution in [0.1, 0.15) is 11.3 Å². The molecule has 1 aromatic heterocycles. The molecule has 1 N–H and O–H groups in total. The van der Waals surface area contributed by atoms with Gasteiger partial charge in [0.25, 0.3) is 0 Å². The Bertz CT molecular complexity index is 701. The maximum atomic E-state index is 12.9. The molecule has 0 spiro atoms. The molecule has 2 aromatic rings. The van der Waals surface area contributed by atoms with Crippen LogP contribution >= 0.6 is 0 Å². The van der Waals surface area contributed by atoms with E-state index in [1.54, 1.807) is 12.1 Å². The van der Waals surface area contributed by atoms with Crippen molar-refractivity contribution < 1.29 is 13.9 Å². The van der Waals surface area contributed by atoms with Gasteiger partial charge in [-0.1, -0.05) is 18.1 Å². The first-order valence-corrected chi connectivity index (χ1v) is 6.29. The minimum atomic E-state index is -0.501. The predicted octanol–water partition coefficient (Wildman–Crippen LogP) is 2.12. The van der Waals surface area contributed by atoms with E-state index in [4.69, 9.17) is 15.9 Å². The van der Waals surface area contributed by atoms with Crippen LogP contribution in [0.2, 0.25) is 0 Å². The summed E-state index contributed by atoms with van der Waals surface area (Å²) in [6.45, 7) is 1.16. The highest BCUT2D eigenvalue weighted by molar-refractivity contribution is 5.17. The molecule has 1 aromatic carbocycles. The average molecular weight is 287 g/mol. The summed E-state index contributed by atoms with van der Waals surface area (Å²) in [6.07, 6.45) is 6.33. The molecule has 0 amide bonds. The standard InChI is InChI=1S/C16H14FNO3/c1-2-7-18(9-12-3-5-13(17)6-4-12)10-14-8-15(19)16(20)11-21-14/h1,3-6,8,11,20H,7,9-10H2. The SMILES string of the molecule is C#CCN(Cc1ccc(F)cc1)Cc1cc(=O)c(O)co1. The van der Waals surface area contributed by atoms with Crippen LogP contribution in [-0.4, -0.2) is 16.6 Å². The third kappa shape index (κ3) is 4.20. The Labute approximate surface area is 121 Å². The molecular formula is C16H14FNO3. The summed E-state index contributed by atoms with van der Waals surface area (Å²) >= 11 is 0. The second kappa shape index (κ2) is 6.73. The highest BCUT2D eigenvalue weighted by Crippen LogP contribution is 2.11. The van der Waals surface area contributed by atoms with E-state index in [9.17, 15) is 9.18 Å². The van der Waals surface area contributed by atoms with Crippen LogP contribution in [0.15, 0.2) is 45.8 Å². The van der Waals surface area contributed by atoms with E-state index >= 15 is 0 Å². The molecule has 0 aliphatic heterocycles. The van der Waals surface area contributed by atoms with E-state index in [2.05, 4.69) is 5.92 Å². The third-order valence-electron chi connectivity index (χ3n) is 2.88. The van der Waals surface area contributed by atoms with Crippen molar-refractivity contribution in [2.45, 2.75) is 13.1 Å². The van der Waals surface area contributed by atoms with Gasteiger partial charge in [-0.2, -0.15) is 0 Å². The number of hydrogen-bond acceptors (Lipinski definition) is 4. The fourth-order valence-corrected chi connectivity index (χ4v) is 1.89. The number of benzene rings is 1. The summed E-state index contributed by atoms with van der Waals surface area (Å²) in [6, 6.07) is 7.33. The van der Waals surface area contributed by atoms with Gasteiger partial charge in [0.2, 0.25) is 5.43 Å². The summed E-state index contributed by atoms with van der Waals surface area (Å²) in [7, 11) is 0. The fourth-order valence-electron chi connectivity index (χ4n) is 1.89. The van der Waals surface area contributed by atoms with Crippen molar-refractivity contribution in [1.29, 1.82) is 0 Å². The fraction of sp³-hybridized carbons (Fsp3) is 0.188. The first-order valence-electron chi connectivity index (χ1n) is 6.29.